The van der Waals surface area contributed by atoms with E-state index in [9.17, 15) is 4.79 Å². The Morgan fingerprint density at radius 1 is 1.04 bits per heavy atom. The van der Waals surface area contributed by atoms with E-state index in [1.165, 1.54) is 0 Å². The van der Waals surface area contributed by atoms with Gasteiger partial charge in [0.1, 0.15) is 5.52 Å². The highest BCUT2D eigenvalue weighted by Crippen LogP contribution is 2.14. The average molecular weight is 330 g/mol. The SMILES string of the molecule is O=C(Nc1cccnc1)c1cnc2c(c1)ncn2Cc1ccccn1. The first kappa shape index (κ1) is 14.9. The minimum atomic E-state index is -0.248. The first-order valence-electron chi connectivity index (χ1n) is 7.72. The Hall–Kier alpha value is -3.61. The molecule has 0 aliphatic rings. The quantitative estimate of drug-likeness (QED) is 0.621. The van der Waals surface area contributed by atoms with Crippen LogP contribution in [0.4, 0.5) is 5.69 Å². The van der Waals surface area contributed by atoms with E-state index >= 15 is 0 Å². The molecule has 25 heavy (non-hydrogen) atoms. The van der Waals surface area contributed by atoms with Crippen molar-refractivity contribution < 1.29 is 4.79 Å². The van der Waals surface area contributed by atoms with Crippen molar-refractivity contribution in [2.24, 2.45) is 0 Å². The predicted octanol–water partition coefficient (Wildman–Crippen LogP) is 2.52. The molecule has 1 N–H and O–H groups in total. The average Bonchev–Trinajstić information content (AvgIpc) is 3.05. The number of hydrogen-bond donors (Lipinski definition) is 1. The number of aromatic nitrogens is 5. The fourth-order valence-corrected chi connectivity index (χ4v) is 2.49. The van der Waals surface area contributed by atoms with Crippen LogP contribution in [0.1, 0.15) is 16.1 Å². The Morgan fingerprint density at radius 3 is 2.80 bits per heavy atom. The van der Waals surface area contributed by atoms with Gasteiger partial charge >= 0.3 is 0 Å². The lowest BCUT2D eigenvalue weighted by atomic mass is 10.2. The molecular weight excluding hydrogens is 316 g/mol. The summed E-state index contributed by atoms with van der Waals surface area (Å²) in [4.78, 5) is 29.4. The number of carbonyl (C=O) groups excluding carboxylic acids is 1. The molecule has 0 unspecified atom stereocenters. The van der Waals surface area contributed by atoms with Crippen molar-refractivity contribution in [2.75, 3.05) is 5.32 Å². The summed E-state index contributed by atoms with van der Waals surface area (Å²) in [5, 5.41) is 2.78. The van der Waals surface area contributed by atoms with Crippen molar-refractivity contribution in [3.8, 4) is 0 Å². The number of fused-ring (bicyclic) bond motifs is 1. The van der Waals surface area contributed by atoms with E-state index in [4.69, 9.17) is 0 Å². The second-order valence-electron chi connectivity index (χ2n) is 5.46. The van der Waals surface area contributed by atoms with Gasteiger partial charge in [-0.1, -0.05) is 6.07 Å². The third-order valence-corrected chi connectivity index (χ3v) is 3.70. The largest absolute Gasteiger partial charge is 0.321 e. The molecule has 4 aromatic rings. The molecule has 4 heterocycles. The summed E-state index contributed by atoms with van der Waals surface area (Å²) < 4.78 is 1.90. The second kappa shape index (κ2) is 6.48. The van der Waals surface area contributed by atoms with Crippen molar-refractivity contribution in [1.82, 2.24) is 24.5 Å². The summed E-state index contributed by atoms with van der Waals surface area (Å²) in [5.74, 6) is -0.248. The smallest absolute Gasteiger partial charge is 0.257 e. The molecule has 0 saturated carbocycles. The summed E-state index contributed by atoms with van der Waals surface area (Å²) in [6, 6.07) is 11.0. The van der Waals surface area contributed by atoms with Gasteiger partial charge in [0.25, 0.3) is 5.91 Å². The summed E-state index contributed by atoms with van der Waals surface area (Å²) in [6.45, 7) is 0.575. The lowest BCUT2D eigenvalue weighted by Gasteiger charge is -2.05. The van der Waals surface area contributed by atoms with Gasteiger partial charge in [0, 0.05) is 18.6 Å². The molecule has 1 amide bonds. The molecule has 4 aromatic heterocycles. The molecule has 0 bridgehead atoms. The molecule has 0 saturated heterocycles. The van der Waals surface area contributed by atoms with Crippen LogP contribution >= 0.6 is 0 Å². The van der Waals surface area contributed by atoms with Crippen LogP contribution in [-0.2, 0) is 6.54 Å². The molecule has 0 aliphatic carbocycles. The highest BCUT2D eigenvalue weighted by Gasteiger charge is 2.11. The first-order valence-corrected chi connectivity index (χ1v) is 7.72. The molecule has 0 fully saturated rings. The van der Waals surface area contributed by atoms with Gasteiger partial charge in [0.2, 0.25) is 0 Å². The summed E-state index contributed by atoms with van der Waals surface area (Å²) >= 11 is 0. The van der Waals surface area contributed by atoms with Crippen LogP contribution in [-0.4, -0.2) is 30.4 Å². The maximum atomic E-state index is 12.3. The van der Waals surface area contributed by atoms with Gasteiger partial charge in [0.15, 0.2) is 5.65 Å². The van der Waals surface area contributed by atoms with Gasteiger partial charge in [-0.25, -0.2) is 9.97 Å². The number of anilines is 1. The Balaban J connectivity index is 1.58. The molecule has 0 atom stereocenters. The number of hydrogen-bond acceptors (Lipinski definition) is 5. The fraction of sp³-hybridized carbons (Fsp3) is 0.0556. The number of imidazole rings is 1. The predicted molar refractivity (Wildman–Crippen MR) is 93.1 cm³/mol. The Morgan fingerprint density at radius 2 is 2.00 bits per heavy atom. The molecule has 0 spiro atoms. The molecule has 0 radical (unpaired) electrons. The van der Waals surface area contributed by atoms with Crippen LogP contribution in [0.3, 0.4) is 0 Å². The van der Waals surface area contributed by atoms with Crippen molar-refractivity contribution in [1.29, 1.82) is 0 Å². The lowest BCUT2D eigenvalue weighted by molar-refractivity contribution is 0.102. The van der Waals surface area contributed by atoms with Crippen molar-refractivity contribution in [3.05, 3.63) is 78.8 Å². The van der Waals surface area contributed by atoms with Crippen LogP contribution in [0.15, 0.2) is 67.5 Å². The highest BCUT2D eigenvalue weighted by atomic mass is 16.1. The highest BCUT2D eigenvalue weighted by molar-refractivity contribution is 6.05. The van der Waals surface area contributed by atoms with Gasteiger partial charge in [-0.05, 0) is 30.3 Å². The summed E-state index contributed by atoms with van der Waals surface area (Å²) in [5.41, 5.74) is 3.37. The van der Waals surface area contributed by atoms with E-state index < -0.39 is 0 Å². The molecule has 4 rings (SSSR count). The number of nitrogens with zero attached hydrogens (tertiary/aromatic N) is 5. The van der Waals surface area contributed by atoms with Crippen molar-refractivity contribution >= 4 is 22.8 Å². The van der Waals surface area contributed by atoms with Gasteiger partial charge < -0.3 is 9.88 Å². The number of nitrogens with one attached hydrogen (secondary N) is 1. The van der Waals surface area contributed by atoms with Gasteiger partial charge in [-0.15, -0.1) is 0 Å². The number of pyridine rings is 3. The molecular formula is C18H14N6O. The summed E-state index contributed by atoms with van der Waals surface area (Å²) in [7, 11) is 0. The van der Waals surface area contributed by atoms with Gasteiger partial charge in [0.05, 0.1) is 36.0 Å². The van der Waals surface area contributed by atoms with Gasteiger partial charge in [-0.3, -0.25) is 14.8 Å². The second-order valence-corrected chi connectivity index (χ2v) is 5.46. The summed E-state index contributed by atoms with van der Waals surface area (Å²) in [6.07, 6.45) is 8.24. The lowest BCUT2D eigenvalue weighted by Crippen LogP contribution is -2.12. The zero-order valence-electron chi connectivity index (χ0n) is 13.2. The van der Waals surface area contributed by atoms with Crippen molar-refractivity contribution in [2.45, 2.75) is 6.54 Å². The van der Waals surface area contributed by atoms with E-state index in [-0.39, 0.29) is 5.91 Å². The third kappa shape index (κ3) is 3.20. The van der Waals surface area contributed by atoms with Crippen LogP contribution in [0.2, 0.25) is 0 Å². The molecule has 0 aliphatic heterocycles. The van der Waals surface area contributed by atoms with E-state index in [1.54, 1.807) is 49.3 Å². The maximum absolute atomic E-state index is 12.3. The third-order valence-electron chi connectivity index (χ3n) is 3.70. The normalized spacial score (nSPS) is 10.7. The maximum Gasteiger partial charge on any atom is 0.257 e. The molecule has 7 nitrogen and oxygen atoms in total. The van der Waals surface area contributed by atoms with E-state index in [0.717, 1.165) is 5.69 Å². The number of amides is 1. The number of rotatable bonds is 4. The standard InChI is InChI=1S/C18H14N6O/c25-18(23-14-5-3-6-19-10-14)13-8-16-17(21-9-13)24(12-22-16)11-15-4-1-2-7-20-15/h1-10,12H,11H2,(H,23,25). The van der Waals surface area contributed by atoms with Crippen LogP contribution in [0, 0.1) is 0 Å². The molecule has 0 aromatic carbocycles. The van der Waals surface area contributed by atoms with Crippen LogP contribution in [0.5, 0.6) is 0 Å². The van der Waals surface area contributed by atoms with Crippen LogP contribution in [0.25, 0.3) is 11.2 Å². The zero-order valence-corrected chi connectivity index (χ0v) is 13.2. The Labute approximate surface area is 143 Å². The Bertz CT molecular complexity index is 1010. The Kier molecular flexibility index (Phi) is 3.88. The number of carbonyl (C=O) groups is 1. The topological polar surface area (TPSA) is 85.6 Å². The molecule has 122 valence electrons. The van der Waals surface area contributed by atoms with Crippen LogP contribution < -0.4 is 5.32 Å². The zero-order chi connectivity index (χ0) is 17.1. The van der Waals surface area contributed by atoms with E-state index in [1.807, 2.05) is 22.8 Å². The fourth-order valence-electron chi connectivity index (χ4n) is 2.49. The van der Waals surface area contributed by atoms with E-state index in [0.29, 0.717) is 29.0 Å². The van der Waals surface area contributed by atoms with Gasteiger partial charge in [-0.2, -0.15) is 0 Å². The first-order chi connectivity index (χ1) is 12.3. The minimum absolute atomic E-state index is 0.248. The molecule has 7 heteroatoms. The monoisotopic (exact) mass is 330 g/mol. The minimum Gasteiger partial charge on any atom is -0.321 e. The van der Waals surface area contributed by atoms with E-state index in [2.05, 4.69) is 25.3 Å². The van der Waals surface area contributed by atoms with Crippen molar-refractivity contribution in [3.63, 3.8) is 0 Å².